The van der Waals surface area contributed by atoms with Crippen LogP contribution in [0.4, 0.5) is 5.69 Å². The molecule has 0 heterocycles. The summed E-state index contributed by atoms with van der Waals surface area (Å²) >= 11 is 0. The summed E-state index contributed by atoms with van der Waals surface area (Å²) in [6.07, 6.45) is 0. The molecule has 0 radical (unpaired) electrons. The van der Waals surface area contributed by atoms with E-state index in [4.69, 9.17) is 4.43 Å². The lowest BCUT2D eigenvalue weighted by Gasteiger charge is -2.37. The first kappa shape index (κ1) is 17.2. The normalized spacial score (nSPS) is 12.6. The van der Waals surface area contributed by atoms with E-state index in [1.807, 2.05) is 0 Å². The number of hydrogen-bond donors (Lipinski definition) is 0. The van der Waals surface area contributed by atoms with Crippen molar-refractivity contribution in [3.05, 3.63) is 29.8 Å². The van der Waals surface area contributed by atoms with Gasteiger partial charge in [-0.05, 0) is 49.7 Å². The molecule has 0 spiro atoms. The fourth-order valence-corrected chi connectivity index (χ4v) is 2.96. The molecule has 0 fully saturated rings. The quantitative estimate of drug-likeness (QED) is 0.696. The highest BCUT2D eigenvalue weighted by molar-refractivity contribution is 6.74. The van der Waals surface area contributed by atoms with Crippen molar-refractivity contribution in [2.24, 2.45) is 0 Å². The highest BCUT2D eigenvalue weighted by Gasteiger charge is 2.36. The molecule has 0 unspecified atom stereocenters. The number of anilines is 1. The Morgan fingerprint density at radius 3 is 2.35 bits per heavy atom. The Morgan fingerprint density at radius 2 is 1.85 bits per heavy atom. The second-order valence-electron chi connectivity index (χ2n) is 7.03. The maximum absolute atomic E-state index is 6.28. The van der Waals surface area contributed by atoms with E-state index in [9.17, 15) is 0 Å². The number of benzene rings is 1. The summed E-state index contributed by atoms with van der Waals surface area (Å²) in [5.74, 6) is 0. The number of rotatable bonds is 6. The van der Waals surface area contributed by atoms with E-state index in [1.165, 1.54) is 11.3 Å². The van der Waals surface area contributed by atoms with Crippen molar-refractivity contribution in [1.82, 2.24) is 0 Å². The van der Waals surface area contributed by atoms with Gasteiger partial charge in [0.25, 0.3) is 0 Å². The molecule has 1 aromatic carbocycles. The number of nitrogens with zero attached hydrogens (tertiary/aromatic N) is 1. The van der Waals surface area contributed by atoms with Crippen molar-refractivity contribution in [3.63, 3.8) is 0 Å². The molecule has 0 N–H and O–H groups in total. The first-order valence-corrected chi connectivity index (χ1v) is 10.5. The van der Waals surface area contributed by atoms with E-state index in [0.29, 0.717) is 0 Å². The molecule has 0 saturated carbocycles. The Morgan fingerprint density at radius 1 is 1.20 bits per heavy atom. The minimum Gasteiger partial charge on any atom is -0.415 e. The SMILES string of the molecule is CCN(CCO[Si](C)(C)C(C)(C)C)c1cccc(C)c1. The smallest absolute Gasteiger partial charge is 0.192 e. The van der Waals surface area contributed by atoms with Crippen molar-refractivity contribution in [3.8, 4) is 0 Å². The minimum absolute atomic E-state index is 0.285. The molecule has 1 rings (SSSR count). The first-order chi connectivity index (χ1) is 9.17. The average molecular weight is 294 g/mol. The molecule has 114 valence electrons. The summed E-state index contributed by atoms with van der Waals surface area (Å²) in [6.45, 7) is 18.6. The molecule has 0 aliphatic carbocycles. The predicted molar refractivity (Wildman–Crippen MR) is 92.2 cm³/mol. The van der Waals surface area contributed by atoms with Crippen LogP contribution < -0.4 is 4.90 Å². The van der Waals surface area contributed by atoms with Crippen LogP contribution in [-0.4, -0.2) is 28.0 Å². The van der Waals surface area contributed by atoms with Gasteiger partial charge in [-0.2, -0.15) is 0 Å². The lowest BCUT2D eigenvalue weighted by atomic mass is 10.2. The van der Waals surface area contributed by atoms with Crippen molar-refractivity contribution in [1.29, 1.82) is 0 Å². The summed E-state index contributed by atoms with van der Waals surface area (Å²) < 4.78 is 6.28. The van der Waals surface area contributed by atoms with Gasteiger partial charge in [0.1, 0.15) is 0 Å². The van der Waals surface area contributed by atoms with Crippen LogP contribution in [0.1, 0.15) is 33.3 Å². The van der Waals surface area contributed by atoms with Gasteiger partial charge in [0.2, 0.25) is 0 Å². The Hall–Kier alpha value is -0.803. The van der Waals surface area contributed by atoms with Crippen LogP contribution in [-0.2, 0) is 4.43 Å². The van der Waals surface area contributed by atoms with Crippen molar-refractivity contribution in [2.45, 2.75) is 52.8 Å². The Kier molecular flexibility index (Phi) is 5.84. The third-order valence-electron chi connectivity index (χ3n) is 4.38. The fraction of sp³-hybridized carbons (Fsp3) is 0.647. The molecule has 20 heavy (non-hydrogen) atoms. The maximum Gasteiger partial charge on any atom is 0.192 e. The second kappa shape index (κ2) is 6.77. The van der Waals surface area contributed by atoms with Crippen LogP contribution in [0.25, 0.3) is 0 Å². The van der Waals surface area contributed by atoms with Gasteiger partial charge in [-0.3, -0.25) is 0 Å². The van der Waals surface area contributed by atoms with Gasteiger partial charge in [0.05, 0.1) is 6.61 Å². The van der Waals surface area contributed by atoms with Crippen LogP contribution >= 0.6 is 0 Å². The molecule has 0 saturated heterocycles. The molecule has 2 nitrogen and oxygen atoms in total. The van der Waals surface area contributed by atoms with Crippen LogP contribution in [0.3, 0.4) is 0 Å². The highest BCUT2D eigenvalue weighted by Crippen LogP contribution is 2.36. The van der Waals surface area contributed by atoms with E-state index in [-0.39, 0.29) is 5.04 Å². The first-order valence-electron chi connectivity index (χ1n) is 7.63. The summed E-state index contributed by atoms with van der Waals surface area (Å²) in [6, 6.07) is 8.70. The zero-order valence-corrected chi connectivity index (χ0v) is 15.3. The molecule has 0 amide bonds. The van der Waals surface area contributed by atoms with Gasteiger partial charge in [0.15, 0.2) is 8.32 Å². The standard InChI is InChI=1S/C17H31NOSi/c1-8-18(16-11-9-10-15(2)14-16)12-13-19-20(6,7)17(3,4)5/h9-11,14H,8,12-13H2,1-7H3. The number of hydrogen-bond acceptors (Lipinski definition) is 2. The van der Waals surface area contributed by atoms with Crippen LogP contribution in [0, 0.1) is 6.92 Å². The zero-order valence-electron chi connectivity index (χ0n) is 14.3. The monoisotopic (exact) mass is 293 g/mol. The molecular weight excluding hydrogens is 262 g/mol. The van der Waals surface area contributed by atoms with Crippen molar-refractivity contribution >= 4 is 14.0 Å². The molecule has 0 aliphatic heterocycles. The largest absolute Gasteiger partial charge is 0.415 e. The van der Waals surface area contributed by atoms with E-state index in [1.54, 1.807) is 0 Å². The van der Waals surface area contributed by atoms with E-state index in [0.717, 1.165) is 19.7 Å². The molecule has 0 aromatic heterocycles. The van der Waals surface area contributed by atoms with E-state index >= 15 is 0 Å². The Bertz CT molecular complexity index is 423. The molecule has 3 heteroatoms. The van der Waals surface area contributed by atoms with E-state index < -0.39 is 8.32 Å². The van der Waals surface area contributed by atoms with Crippen molar-refractivity contribution in [2.75, 3.05) is 24.6 Å². The van der Waals surface area contributed by atoms with Gasteiger partial charge < -0.3 is 9.33 Å². The van der Waals surface area contributed by atoms with Crippen LogP contribution in [0.5, 0.6) is 0 Å². The summed E-state index contributed by atoms with van der Waals surface area (Å²) in [5, 5.41) is 0.285. The second-order valence-corrected chi connectivity index (χ2v) is 11.8. The van der Waals surface area contributed by atoms with Gasteiger partial charge in [-0.25, -0.2) is 0 Å². The predicted octanol–water partition coefficient (Wildman–Crippen LogP) is 4.84. The lowest BCUT2D eigenvalue weighted by molar-refractivity contribution is 0.294. The molecule has 0 atom stereocenters. The third kappa shape index (κ3) is 4.64. The lowest BCUT2D eigenvalue weighted by Crippen LogP contribution is -2.42. The molecule has 0 bridgehead atoms. The molecule has 1 aromatic rings. The third-order valence-corrected chi connectivity index (χ3v) is 8.92. The Labute approximate surface area is 126 Å². The number of aryl methyl sites for hydroxylation is 1. The molecular formula is C17H31NOSi. The topological polar surface area (TPSA) is 12.5 Å². The highest BCUT2D eigenvalue weighted by atomic mass is 28.4. The van der Waals surface area contributed by atoms with Crippen LogP contribution in [0.15, 0.2) is 24.3 Å². The minimum atomic E-state index is -1.62. The van der Waals surface area contributed by atoms with Gasteiger partial charge in [-0.15, -0.1) is 0 Å². The summed E-state index contributed by atoms with van der Waals surface area (Å²) in [5.41, 5.74) is 2.61. The maximum atomic E-state index is 6.28. The summed E-state index contributed by atoms with van der Waals surface area (Å²) in [4.78, 5) is 2.39. The number of likely N-dealkylation sites (N-methyl/N-ethyl adjacent to an activating group) is 1. The van der Waals surface area contributed by atoms with Gasteiger partial charge in [0, 0.05) is 18.8 Å². The fourth-order valence-electron chi connectivity index (χ4n) is 1.92. The zero-order chi connectivity index (χ0) is 15.4. The Balaban J connectivity index is 2.59. The van der Waals surface area contributed by atoms with Gasteiger partial charge in [-0.1, -0.05) is 32.9 Å². The molecule has 0 aliphatic rings. The van der Waals surface area contributed by atoms with Gasteiger partial charge >= 0.3 is 0 Å². The average Bonchev–Trinajstić information content (AvgIpc) is 2.33. The summed E-state index contributed by atoms with van der Waals surface area (Å²) in [7, 11) is -1.62. The van der Waals surface area contributed by atoms with Crippen LogP contribution in [0.2, 0.25) is 18.1 Å². The van der Waals surface area contributed by atoms with Crippen molar-refractivity contribution < 1.29 is 4.43 Å². The van der Waals surface area contributed by atoms with E-state index in [2.05, 4.69) is 76.9 Å².